The normalized spacial score (nSPS) is 10.3. The summed E-state index contributed by atoms with van der Waals surface area (Å²) in [5, 5.41) is 3.51. The topological polar surface area (TPSA) is 73.3 Å². The van der Waals surface area contributed by atoms with Gasteiger partial charge in [0.2, 0.25) is 0 Å². The Bertz CT molecular complexity index is 859. The zero-order valence-corrected chi connectivity index (χ0v) is 12.7. The minimum Gasteiger partial charge on any atom is -0.493 e. The summed E-state index contributed by atoms with van der Waals surface area (Å²) in [6, 6.07) is 12.5. The van der Waals surface area contributed by atoms with Gasteiger partial charge in [-0.25, -0.2) is 9.97 Å². The van der Waals surface area contributed by atoms with Gasteiger partial charge < -0.3 is 14.8 Å². The van der Waals surface area contributed by atoms with E-state index >= 15 is 0 Å². The van der Waals surface area contributed by atoms with Gasteiger partial charge in [0.25, 0.3) is 5.91 Å². The van der Waals surface area contributed by atoms with Gasteiger partial charge in [0.05, 0.1) is 19.7 Å². The van der Waals surface area contributed by atoms with E-state index in [2.05, 4.69) is 15.3 Å². The molecule has 23 heavy (non-hydrogen) atoms. The predicted molar refractivity (Wildman–Crippen MR) is 87.0 cm³/mol. The summed E-state index contributed by atoms with van der Waals surface area (Å²) in [6.07, 6.45) is 1.38. The minimum atomic E-state index is -0.309. The van der Waals surface area contributed by atoms with Crippen LogP contribution in [0, 0.1) is 0 Å². The fourth-order valence-electron chi connectivity index (χ4n) is 2.29. The van der Waals surface area contributed by atoms with Gasteiger partial charge in [-0.1, -0.05) is 18.2 Å². The molecule has 1 aromatic heterocycles. The van der Waals surface area contributed by atoms with Gasteiger partial charge in [-0.15, -0.1) is 0 Å². The molecule has 0 spiro atoms. The van der Waals surface area contributed by atoms with Gasteiger partial charge >= 0.3 is 0 Å². The van der Waals surface area contributed by atoms with Crippen LogP contribution in [0.2, 0.25) is 0 Å². The number of benzene rings is 2. The van der Waals surface area contributed by atoms with Crippen molar-refractivity contribution in [2.45, 2.75) is 0 Å². The second kappa shape index (κ2) is 6.31. The van der Waals surface area contributed by atoms with E-state index in [9.17, 15) is 4.79 Å². The van der Waals surface area contributed by atoms with Crippen LogP contribution in [0.4, 0.5) is 5.69 Å². The predicted octanol–water partition coefficient (Wildman–Crippen LogP) is 2.90. The molecule has 0 saturated heterocycles. The van der Waals surface area contributed by atoms with Crippen molar-refractivity contribution in [1.82, 2.24) is 9.97 Å². The Morgan fingerprint density at radius 2 is 1.78 bits per heavy atom. The van der Waals surface area contributed by atoms with Gasteiger partial charge in [-0.2, -0.15) is 0 Å². The average Bonchev–Trinajstić information content (AvgIpc) is 2.61. The quantitative estimate of drug-likeness (QED) is 0.802. The Morgan fingerprint density at radius 3 is 2.57 bits per heavy atom. The molecule has 1 heterocycles. The van der Waals surface area contributed by atoms with Crippen molar-refractivity contribution in [3.63, 3.8) is 0 Å². The van der Waals surface area contributed by atoms with Crippen LogP contribution in [0.25, 0.3) is 10.9 Å². The van der Waals surface area contributed by atoms with Gasteiger partial charge in [-0.05, 0) is 18.2 Å². The number of rotatable bonds is 4. The largest absolute Gasteiger partial charge is 0.493 e. The summed E-state index contributed by atoms with van der Waals surface area (Å²) in [5.41, 5.74) is 1.64. The summed E-state index contributed by atoms with van der Waals surface area (Å²) in [4.78, 5) is 20.8. The molecule has 0 atom stereocenters. The summed E-state index contributed by atoms with van der Waals surface area (Å²) in [5.74, 6) is 0.826. The second-order valence-electron chi connectivity index (χ2n) is 4.76. The zero-order valence-electron chi connectivity index (χ0n) is 12.7. The molecule has 3 aromatic rings. The maximum atomic E-state index is 12.5. The lowest BCUT2D eigenvalue weighted by Crippen LogP contribution is -2.14. The molecule has 116 valence electrons. The van der Waals surface area contributed by atoms with Crippen LogP contribution in [0.3, 0.4) is 0 Å². The Hall–Kier alpha value is -3.15. The third kappa shape index (κ3) is 2.91. The molecule has 6 heteroatoms. The molecule has 6 nitrogen and oxygen atoms in total. The van der Waals surface area contributed by atoms with Gasteiger partial charge in [0.1, 0.15) is 12.0 Å². The number of hydrogen-bond donors (Lipinski definition) is 1. The first-order valence-corrected chi connectivity index (χ1v) is 6.96. The highest BCUT2D eigenvalue weighted by Gasteiger charge is 2.13. The number of fused-ring (bicyclic) bond motifs is 1. The first-order chi connectivity index (χ1) is 11.2. The van der Waals surface area contributed by atoms with E-state index in [0.29, 0.717) is 28.3 Å². The molecule has 3 rings (SSSR count). The van der Waals surface area contributed by atoms with Crippen LogP contribution >= 0.6 is 0 Å². The molecular formula is C17H15N3O3. The van der Waals surface area contributed by atoms with Crippen molar-refractivity contribution in [1.29, 1.82) is 0 Å². The van der Waals surface area contributed by atoms with Gasteiger partial charge in [0, 0.05) is 17.1 Å². The second-order valence-corrected chi connectivity index (χ2v) is 4.76. The van der Waals surface area contributed by atoms with E-state index in [1.165, 1.54) is 6.33 Å². The summed E-state index contributed by atoms with van der Waals surface area (Å²) >= 11 is 0. The highest BCUT2D eigenvalue weighted by Crippen LogP contribution is 2.30. The third-order valence-corrected chi connectivity index (χ3v) is 3.40. The number of para-hydroxylation sites is 1. The van der Waals surface area contributed by atoms with Crippen LogP contribution in [0.1, 0.15) is 10.5 Å². The molecule has 0 aliphatic rings. The Morgan fingerprint density at radius 1 is 1.00 bits per heavy atom. The smallest absolute Gasteiger partial charge is 0.275 e. The Kier molecular flexibility index (Phi) is 4.05. The molecule has 0 aliphatic carbocycles. The van der Waals surface area contributed by atoms with Crippen LogP contribution in [-0.4, -0.2) is 30.1 Å². The van der Waals surface area contributed by atoms with Gasteiger partial charge in [-0.3, -0.25) is 4.79 Å². The number of nitrogens with zero attached hydrogens (tertiary/aromatic N) is 2. The molecule has 1 N–H and O–H groups in total. The van der Waals surface area contributed by atoms with Crippen LogP contribution in [0.5, 0.6) is 11.5 Å². The SMILES string of the molecule is COc1ccc(NC(=O)c2ncnc3ccccc23)cc1OC. The lowest BCUT2D eigenvalue weighted by molar-refractivity contribution is 0.102. The van der Waals surface area contributed by atoms with Crippen LogP contribution < -0.4 is 14.8 Å². The number of anilines is 1. The summed E-state index contributed by atoms with van der Waals surface area (Å²) in [7, 11) is 3.10. The molecule has 0 fully saturated rings. The van der Waals surface area contributed by atoms with Crippen molar-refractivity contribution in [2.75, 3.05) is 19.5 Å². The molecular weight excluding hydrogens is 294 g/mol. The first-order valence-electron chi connectivity index (χ1n) is 6.96. The van der Waals surface area contributed by atoms with Crippen molar-refractivity contribution >= 4 is 22.5 Å². The average molecular weight is 309 g/mol. The number of aromatic nitrogens is 2. The van der Waals surface area contributed by atoms with Crippen LogP contribution in [0.15, 0.2) is 48.8 Å². The lowest BCUT2D eigenvalue weighted by Gasteiger charge is -2.11. The van der Waals surface area contributed by atoms with E-state index in [4.69, 9.17) is 9.47 Å². The van der Waals surface area contributed by atoms with Crippen LogP contribution in [-0.2, 0) is 0 Å². The number of nitrogens with one attached hydrogen (secondary N) is 1. The van der Waals surface area contributed by atoms with Crippen molar-refractivity contribution in [2.24, 2.45) is 0 Å². The maximum Gasteiger partial charge on any atom is 0.275 e. The van der Waals surface area contributed by atoms with Gasteiger partial charge in [0.15, 0.2) is 11.5 Å². The van der Waals surface area contributed by atoms with E-state index in [1.807, 2.05) is 24.3 Å². The maximum absolute atomic E-state index is 12.5. The number of methoxy groups -OCH3 is 2. The monoisotopic (exact) mass is 309 g/mol. The highest BCUT2D eigenvalue weighted by molar-refractivity contribution is 6.10. The lowest BCUT2D eigenvalue weighted by atomic mass is 10.1. The standard InChI is InChI=1S/C17H15N3O3/c1-22-14-8-7-11(9-15(14)23-2)20-17(21)16-12-5-3-4-6-13(12)18-10-19-16/h3-10H,1-2H3,(H,20,21). The van der Waals surface area contributed by atoms with E-state index in [-0.39, 0.29) is 5.91 Å². The zero-order chi connectivity index (χ0) is 16.2. The molecule has 0 radical (unpaired) electrons. The molecule has 0 bridgehead atoms. The summed E-state index contributed by atoms with van der Waals surface area (Å²) in [6.45, 7) is 0. The Balaban J connectivity index is 1.92. The molecule has 0 aliphatic heterocycles. The number of carbonyl (C=O) groups excluding carboxylic acids is 1. The number of carbonyl (C=O) groups is 1. The number of ether oxygens (including phenoxy) is 2. The molecule has 1 amide bonds. The summed E-state index contributed by atoms with van der Waals surface area (Å²) < 4.78 is 10.4. The van der Waals surface area contributed by atoms with Crippen molar-refractivity contribution in [3.05, 3.63) is 54.5 Å². The fraction of sp³-hybridized carbons (Fsp3) is 0.118. The van der Waals surface area contributed by atoms with E-state index in [1.54, 1.807) is 32.4 Å². The number of hydrogen-bond acceptors (Lipinski definition) is 5. The molecule has 0 saturated carbocycles. The van der Waals surface area contributed by atoms with E-state index in [0.717, 1.165) is 5.52 Å². The Labute approximate surface area is 133 Å². The van der Waals surface area contributed by atoms with Crippen molar-refractivity contribution < 1.29 is 14.3 Å². The third-order valence-electron chi connectivity index (χ3n) is 3.40. The minimum absolute atomic E-state index is 0.309. The first kappa shape index (κ1) is 14.8. The fourth-order valence-corrected chi connectivity index (χ4v) is 2.29. The van der Waals surface area contributed by atoms with Crippen molar-refractivity contribution in [3.8, 4) is 11.5 Å². The highest BCUT2D eigenvalue weighted by atomic mass is 16.5. The number of amides is 1. The molecule has 2 aromatic carbocycles. The molecule has 0 unspecified atom stereocenters. The van der Waals surface area contributed by atoms with E-state index < -0.39 is 0 Å².